The largest absolute Gasteiger partial charge is 0.434 e. The van der Waals surface area contributed by atoms with Crippen molar-refractivity contribution in [2.45, 2.75) is 40.9 Å². The summed E-state index contributed by atoms with van der Waals surface area (Å²) in [5.41, 5.74) is 0.917. The van der Waals surface area contributed by atoms with Crippen LogP contribution in [0.3, 0.4) is 0 Å². The first-order valence-electron chi connectivity index (χ1n) is 6.56. The molecule has 0 heterocycles. The van der Waals surface area contributed by atoms with Crippen molar-refractivity contribution in [2.75, 3.05) is 6.54 Å². The molecule has 0 amide bonds. The van der Waals surface area contributed by atoms with Crippen LogP contribution >= 0.6 is 0 Å². The lowest BCUT2D eigenvalue weighted by Crippen LogP contribution is -2.33. The number of nitrogens with one attached hydrogen (secondary N) is 1. The van der Waals surface area contributed by atoms with Crippen LogP contribution in [0.25, 0.3) is 0 Å². The molecular weight excluding hydrogens is 248 g/mol. The van der Waals surface area contributed by atoms with E-state index in [0.29, 0.717) is 12.5 Å². The summed E-state index contributed by atoms with van der Waals surface area (Å²) < 4.78 is 29.1. The van der Waals surface area contributed by atoms with E-state index in [9.17, 15) is 8.78 Å². The molecule has 0 unspecified atom stereocenters. The average molecular weight is 271 g/mol. The molecule has 1 aromatic carbocycles. The fourth-order valence-electron chi connectivity index (χ4n) is 1.58. The Morgan fingerprint density at radius 1 is 1.21 bits per heavy atom. The maximum Gasteiger partial charge on any atom is 0.387 e. The Morgan fingerprint density at radius 2 is 1.84 bits per heavy atom. The second kappa shape index (κ2) is 6.85. The third-order valence-corrected chi connectivity index (χ3v) is 3.65. The Morgan fingerprint density at radius 3 is 2.42 bits per heavy atom. The Hall–Kier alpha value is -1.16. The van der Waals surface area contributed by atoms with E-state index in [-0.39, 0.29) is 11.2 Å². The predicted molar refractivity (Wildman–Crippen MR) is 73.4 cm³/mol. The summed E-state index contributed by atoms with van der Waals surface area (Å²) in [5.74, 6) is 0.792. The smallest absolute Gasteiger partial charge is 0.387 e. The number of halogens is 2. The minimum Gasteiger partial charge on any atom is -0.434 e. The summed E-state index contributed by atoms with van der Waals surface area (Å²) in [4.78, 5) is 0. The summed E-state index contributed by atoms with van der Waals surface area (Å²) in [7, 11) is 0. The fraction of sp³-hybridized carbons (Fsp3) is 0.600. The number of rotatable bonds is 7. The molecule has 0 spiro atoms. The van der Waals surface area contributed by atoms with Crippen molar-refractivity contribution in [1.29, 1.82) is 0 Å². The standard InChI is InChI=1S/C15H23F2NO/c1-11(2)15(3,4)10-18-9-12-7-5-6-8-13(12)19-14(16)17/h5-8,11,14,18H,9-10H2,1-4H3. The van der Waals surface area contributed by atoms with Gasteiger partial charge in [-0.1, -0.05) is 45.9 Å². The van der Waals surface area contributed by atoms with Crippen LogP contribution in [0, 0.1) is 11.3 Å². The first kappa shape index (κ1) is 15.9. The van der Waals surface area contributed by atoms with Gasteiger partial charge in [0.15, 0.2) is 0 Å². The van der Waals surface area contributed by atoms with Crippen LogP contribution in [0.4, 0.5) is 8.78 Å². The number of hydrogen-bond acceptors (Lipinski definition) is 2. The maximum atomic E-state index is 12.3. The van der Waals surface area contributed by atoms with Gasteiger partial charge in [0.2, 0.25) is 0 Å². The molecule has 0 radical (unpaired) electrons. The van der Waals surface area contributed by atoms with Gasteiger partial charge in [-0.25, -0.2) is 0 Å². The zero-order valence-corrected chi connectivity index (χ0v) is 12.0. The second-order valence-electron chi connectivity index (χ2n) is 5.73. The number of benzene rings is 1. The summed E-state index contributed by atoms with van der Waals surface area (Å²) in [5, 5.41) is 3.31. The van der Waals surface area contributed by atoms with E-state index in [2.05, 4.69) is 37.7 Å². The van der Waals surface area contributed by atoms with E-state index < -0.39 is 6.61 Å². The molecule has 0 atom stereocenters. The number of ether oxygens (including phenoxy) is 1. The minimum atomic E-state index is -2.78. The van der Waals surface area contributed by atoms with Crippen molar-refractivity contribution < 1.29 is 13.5 Å². The SMILES string of the molecule is CC(C)C(C)(C)CNCc1ccccc1OC(F)F. The summed E-state index contributed by atoms with van der Waals surface area (Å²) in [6.07, 6.45) is 0. The highest BCUT2D eigenvalue weighted by molar-refractivity contribution is 5.33. The Labute approximate surface area is 114 Å². The van der Waals surface area contributed by atoms with Gasteiger partial charge in [0.05, 0.1) is 0 Å². The van der Waals surface area contributed by atoms with Crippen LogP contribution in [0.5, 0.6) is 5.75 Å². The van der Waals surface area contributed by atoms with Crippen LogP contribution in [0.1, 0.15) is 33.3 Å². The first-order chi connectivity index (χ1) is 8.83. The quantitative estimate of drug-likeness (QED) is 0.807. The number of para-hydroxylation sites is 1. The molecule has 4 heteroatoms. The van der Waals surface area contributed by atoms with Crippen molar-refractivity contribution >= 4 is 0 Å². The van der Waals surface area contributed by atoms with Gasteiger partial charge in [-0.3, -0.25) is 0 Å². The third kappa shape index (κ3) is 5.15. The highest BCUT2D eigenvalue weighted by Crippen LogP contribution is 2.25. The van der Waals surface area contributed by atoms with E-state index >= 15 is 0 Å². The van der Waals surface area contributed by atoms with Gasteiger partial charge >= 0.3 is 6.61 Å². The maximum absolute atomic E-state index is 12.3. The van der Waals surface area contributed by atoms with Crippen LogP contribution in [-0.2, 0) is 6.54 Å². The van der Waals surface area contributed by atoms with Gasteiger partial charge in [-0.05, 0) is 17.4 Å². The highest BCUT2D eigenvalue weighted by atomic mass is 19.3. The predicted octanol–water partition coefficient (Wildman–Crippen LogP) is 4.06. The molecule has 0 aromatic heterocycles. The van der Waals surface area contributed by atoms with Crippen molar-refractivity contribution in [3.8, 4) is 5.75 Å². The Balaban J connectivity index is 2.58. The molecule has 1 aromatic rings. The molecule has 1 rings (SSSR count). The summed E-state index contributed by atoms with van der Waals surface area (Å²) in [6.45, 7) is 7.30. The van der Waals surface area contributed by atoms with Gasteiger partial charge < -0.3 is 10.1 Å². The number of hydrogen-bond donors (Lipinski definition) is 1. The first-order valence-corrected chi connectivity index (χ1v) is 6.56. The molecule has 1 N–H and O–H groups in total. The Bertz CT molecular complexity index is 391. The monoisotopic (exact) mass is 271 g/mol. The molecule has 0 bridgehead atoms. The molecule has 108 valence electrons. The average Bonchev–Trinajstić information content (AvgIpc) is 2.30. The second-order valence-corrected chi connectivity index (χ2v) is 5.73. The molecular formula is C15H23F2NO. The zero-order chi connectivity index (χ0) is 14.5. The normalized spacial score (nSPS) is 12.2. The lowest BCUT2D eigenvalue weighted by atomic mass is 9.81. The van der Waals surface area contributed by atoms with E-state index in [1.165, 1.54) is 0 Å². The Kier molecular flexibility index (Phi) is 5.73. The lowest BCUT2D eigenvalue weighted by Gasteiger charge is -2.29. The van der Waals surface area contributed by atoms with Crippen molar-refractivity contribution in [2.24, 2.45) is 11.3 Å². The van der Waals surface area contributed by atoms with Crippen LogP contribution in [-0.4, -0.2) is 13.2 Å². The van der Waals surface area contributed by atoms with Gasteiger partial charge in [0, 0.05) is 18.7 Å². The van der Waals surface area contributed by atoms with Gasteiger partial charge in [0.25, 0.3) is 0 Å². The molecule has 0 aliphatic heterocycles. The van der Waals surface area contributed by atoms with Crippen molar-refractivity contribution in [3.05, 3.63) is 29.8 Å². The van der Waals surface area contributed by atoms with E-state index in [0.717, 1.165) is 12.1 Å². The zero-order valence-electron chi connectivity index (χ0n) is 12.0. The van der Waals surface area contributed by atoms with E-state index in [1.807, 2.05) is 6.07 Å². The molecule has 0 saturated heterocycles. The highest BCUT2D eigenvalue weighted by Gasteiger charge is 2.21. The molecule has 0 fully saturated rings. The van der Waals surface area contributed by atoms with Crippen molar-refractivity contribution in [1.82, 2.24) is 5.32 Å². The molecule has 0 aliphatic rings. The summed E-state index contributed by atoms with van der Waals surface area (Å²) >= 11 is 0. The van der Waals surface area contributed by atoms with E-state index in [4.69, 9.17) is 0 Å². The molecule has 0 saturated carbocycles. The van der Waals surface area contributed by atoms with Crippen LogP contribution in [0.15, 0.2) is 24.3 Å². The van der Waals surface area contributed by atoms with Crippen molar-refractivity contribution in [3.63, 3.8) is 0 Å². The van der Waals surface area contributed by atoms with Gasteiger partial charge in [-0.15, -0.1) is 0 Å². The molecule has 0 aliphatic carbocycles. The molecule has 19 heavy (non-hydrogen) atoms. The summed E-state index contributed by atoms with van der Waals surface area (Å²) in [6, 6.07) is 6.88. The number of alkyl halides is 2. The van der Waals surface area contributed by atoms with Gasteiger partial charge in [-0.2, -0.15) is 8.78 Å². The molecule has 2 nitrogen and oxygen atoms in total. The lowest BCUT2D eigenvalue weighted by molar-refractivity contribution is -0.0505. The third-order valence-electron chi connectivity index (χ3n) is 3.65. The van der Waals surface area contributed by atoms with Gasteiger partial charge in [0.1, 0.15) is 5.75 Å². The van der Waals surface area contributed by atoms with E-state index in [1.54, 1.807) is 18.2 Å². The van der Waals surface area contributed by atoms with Crippen LogP contribution < -0.4 is 10.1 Å². The van der Waals surface area contributed by atoms with Crippen LogP contribution in [0.2, 0.25) is 0 Å². The minimum absolute atomic E-state index is 0.165. The fourth-order valence-corrected chi connectivity index (χ4v) is 1.58. The topological polar surface area (TPSA) is 21.3 Å².